The molecule has 13 aromatic carbocycles. The Balaban J connectivity index is 0.902. The van der Waals surface area contributed by atoms with E-state index < -0.39 is 0 Å². The van der Waals surface area contributed by atoms with Crippen LogP contribution >= 0.6 is 0 Å². The normalized spacial score (nSPS) is 12.9. The van der Waals surface area contributed by atoms with Gasteiger partial charge in [-0.25, -0.2) is 0 Å². The largest absolute Gasteiger partial charge is 0.0622 e. The molecule has 0 atom stereocenters. The van der Waals surface area contributed by atoms with Gasteiger partial charge in [-0.3, -0.25) is 0 Å². The highest BCUT2D eigenvalue weighted by Gasteiger charge is 2.36. The van der Waals surface area contributed by atoms with Gasteiger partial charge in [0.15, 0.2) is 0 Å². The topological polar surface area (TPSA) is 0 Å². The summed E-state index contributed by atoms with van der Waals surface area (Å²) < 4.78 is 0. The molecule has 14 rings (SSSR count). The Labute approximate surface area is 402 Å². The zero-order valence-corrected chi connectivity index (χ0v) is 38.6. The van der Waals surface area contributed by atoms with Crippen LogP contribution in [-0.2, 0) is 5.41 Å². The molecule has 0 radical (unpaired) electrons. The van der Waals surface area contributed by atoms with Crippen molar-refractivity contribution < 1.29 is 0 Å². The number of hydrogen-bond donors (Lipinski definition) is 0. The SMILES string of the molecule is CC1(C)c2cc(-c3ccc4c(c3)cc(-c3ccc5ccccc5c3)c3cc(-c5cc6ccccc6cc5-c5ccccc5)ccc34)ccc2-c2ccc(-c3cc4ccccc4c4ccccc34)cc21. The standard InChI is InChI=1S/C69H46/c1-69(2)67-41-49(27-32-60(67)61-33-29-53(42-68(61)69)63-38-50-20-10-11-21-55(50)57-22-12-13-23-58(57)63)48-26-30-56-54(35-48)40-65(51-25-24-43-14-6-7-17-45(43)34-51)66-39-52(28-31-59(56)66)64-37-47-19-9-8-18-46(47)36-62(64)44-15-4-3-5-16-44/h3-42H,1-2H3. The summed E-state index contributed by atoms with van der Waals surface area (Å²) in [7, 11) is 0. The van der Waals surface area contributed by atoms with Gasteiger partial charge in [-0.1, -0.05) is 202 Å². The van der Waals surface area contributed by atoms with Gasteiger partial charge in [0.05, 0.1) is 0 Å². The summed E-state index contributed by atoms with van der Waals surface area (Å²) in [6.45, 7) is 4.81. The molecule has 0 saturated heterocycles. The summed E-state index contributed by atoms with van der Waals surface area (Å²) in [6.07, 6.45) is 0. The maximum Gasteiger partial charge on any atom is 0.0159 e. The second-order valence-corrected chi connectivity index (χ2v) is 19.6. The predicted molar refractivity (Wildman–Crippen MR) is 296 cm³/mol. The van der Waals surface area contributed by atoms with Crippen LogP contribution in [0.25, 0.3) is 131 Å². The van der Waals surface area contributed by atoms with E-state index in [9.17, 15) is 0 Å². The lowest BCUT2D eigenvalue weighted by atomic mass is 9.80. The molecular formula is C69H46. The van der Waals surface area contributed by atoms with Crippen LogP contribution in [-0.4, -0.2) is 0 Å². The molecule has 13 aromatic rings. The number of hydrogen-bond acceptors (Lipinski definition) is 0. The highest BCUT2D eigenvalue weighted by molar-refractivity contribution is 6.17. The summed E-state index contributed by atoms with van der Waals surface area (Å²) >= 11 is 0. The maximum atomic E-state index is 2.47. The average Bonchev–Trinajstić information content (AvgIpc) is 3.64. The molecule has 0 heterocycles. The Morgan fingerprint density at radius 1 is 0.203 bits per heavy atom. The van der Waals surface area contributed by atoms with Gasteiger partial charge < -0.3 is 0 Å². The lowest BCUT2D eigenvalue weighted by molar-refractivity contribution is 0.661. The highest BCUT2D eigenvalue weighted by Crippen LogP contribution is 2.52. The van der Waals surface area contributed by atoms with Gasteiger partial charge in [-0.05, 0) is 197 Å². The third kappa shape index (κ3) is 6.29. The van der Waals surface area contributed by atoms with Crippen LogP contribution in [0.15, 0.2) is 243 Å². The Hall–Kier alpha value is -8.58. The van der Waals surface area contributed by atoms with Crippen molar-refractivity contribution in [3.63, 3.8) is 0 Å². The minimum Gasteiger partial charge on any atom is -0.0622 e. The van der Waals surface area contributed by atoms with Crippen molar-refractivity contribution >= 4 is 64.6 Å². The molecule has 0 aromatic heterocycles. The smallest absolute Gasteiger partial charge is 0.0159 e. The van der Waals surface area contributed by atoms with Crippen molar-refractivity contribution in [2.45, 2.75) is 19.3 Å². The molecule has 0 N–H and O–H groups in total. The van der Waals surface area contributed by atoms with E-state index in [-0.39, 0.29) is 5.41 Å². The Morgan fingerprint density at radius 2 is 0.623 bits per heavy atom. The number of fused-ring (bicyclic) bond motifs is 11. The summed E-state index contributed by atoms with van der Waals surface area (Å²) in [5.74, 6) is 0. The summed E-state index contributed by atoms with van der Waals surface area (Å²) in [5, 5.41) is 15.2. The summed E-state index contributed by atoms with van der Waals surface area (Å²) in [4.78, 5) is 0. The van der Waals surface area contributed by atoms with Gasteiger partial charge in [0.1, 0.15) is 0 Å². The molecule has 0 unspecified atom stereocenters. The van der Waals surface area contributed by atoms with Crippen molar-refractivity contribution in [3.8, 4) is 66.8 Å². The fourth-order valence-electron chi connectivity index (χ4n) is 11.8. The lowest BCUT2D eigenvalue weighted by Crippen LogP contribution is -2.15. The van der Waals surface area contributed by atoms with Crippen LogP contribution in [0, 0.1) is 0 Å². The van der Waals surface area contributed by atoms with Gasteiger partial charge in [-0.15, -0.1) is 0 Å². The molecule has 0 fully saturated rings. The zero-order chi connectivity index (χ0) is 45.8. The fraction of sp³-hybridized carbons (Fsp3) is 0.0435. The third-order valence-electron chi connectivity index (χ3n) is 15.4. The van der Waals surface area contributed by atoms with Crippen molar-refractivity contribution in [1.29, 1.82) is 0 Å². The first-order valence-corrected chi connectivity index (χ1v) is 24.2. The van der Waals surface area contributed by atoms with Gasteiger partial charge in [0.2, 0.25) is 0 Å². The van der Waals surface area contributed by atoms with E-state index in [1.807, 2.05) is 0 Å². The van der Waals surface area contributed by atoms with E-state index in [1.54, 1.807) is 0 Å². The van der Waals surface area contributed by atoms with E-state index in [4.69, 9.17) is 0 Å². The molecule has 0 heteroatoms. The Morgan fingerprint density at radius 3 is 1.38 bits per heavy atom. The van der Waals surface area contributed by atoms with Crippen LogP contribution in [0.1, 0.15) is 25.0 Å². The Kier molecular flexibility index (Phi) is 8.73. The van der Waals surface area contributed by atoms with Gasteiger partial charge in [0, 0.05) is 5.41 Å². The maximum absolute atomic E-state index is 2.47. The van der Waals surface area contributed by atoms with Crippen LogP contribution in [0.3, 0.4) is 0 Å². The molecular weight excluding hydrogens is 829 g/mol. The van der Waals surface area contributed by atoms with Crippen LogP contribution in [0.4, 0.5) is 0 Å². The molecule has 0 spiro atoms. The fourth-order valence-corrected chi connectivity index (χ4v) is 11.8. The highest BCUT2D eigenvalue weighted by atomic mass is 14.4. The van der Waals surface area contributed by atoms with Gasteiger partial charge in [-0.2, -0.15) is 0 Å². The van der Waals surface area contributed by atoms with E-state index >= 15 is 0 Å². The lowest BCUT2D eigenvalue weighted by Gasteiger charge is -2.23. The van der Waals surface area contributed by atoms with E-state index in [2.05, 4.69) is 257 Å². The number of benzene rings is 13. The summed E-state index contributed by atoms with van der Waals surface area (Å²) in [5.41, 5.74) is 17.6. The molecule has 1 aliphatic rings. The molecule has 69 heavy (non-hydrogen) atoms. The van der Waals surface area contributed by atoms with E-state index in [0.717, 1.165) is 0 Å². The molecule has 0 aliphatic heterocycles. The molecule has 322 valence electrons. The van der Waals surface area contributed by atoms with Crippen molar-refractivity contribution in [3.05, 3.63) is 254 Å². The van der Waals surface area contributed by atoms with Gasteiger partial charge >= 0.3 is 0 Å². The number of rotatable bonds is 5. The minimum absolute atomic E-state index is 0.178. The molecule has 0 amide bonds. The predicted octanol–water partition coefficient (Wildman–Crippen LogP) is 19.2. The third-order valence-corrected chi connectivity index (χ3v) is 15.4. The van der Waals surface area contributed by atoms with E-state index in [0.29, 0.717) is 0 Å². The molecule has 0 bridgehead atoms. The monoisotopic (exact) mass is 874 g/mol. The van der Waals surface area contributed by atoms with Crippen LogP contribution < -0.4 is 0 Å². The second-order valence-electron chi connectivity index (χ2n) is 19.6. The molecule has 0 saturated carbocycles. The minimum atomic E-state index is -0.178. The Bertz CT molecular complexity index is 4260. The first-order valence-electron chi connectivity index (χ1n) is 24.2. The quantitative estimate of drug-likeness (QED) is 0.151. The summed E-state index contributed by atoms with van der Waals surface area (Å²) in [6, 6.07) is 91.0. The first-order chi connectivity index (χ1) is 33.9. The van der Waals surface area contributed by atoms with Crippen LogP contribution in [0.5, 0.6) is 0 Å². The van der Waals surface area contributed by atoms with Crippen molar-refractivity contribution in [2.24, 2.45) is 0 Å². The molecule has 0 nitrogen and oxygen atoms in total. The molecule has 1 aliphatic carbocycles. The van der Waals surface area contributed by atoms with Crippen LogP contribution in [0.2, 0.25) is 0 Å². The zero-order valence-electron chi connectivity index (χ0n) is 38.6. The van der Waals surface area contributed by atoms with Gasteiger partial charge in [0.25, 0.3) is 0 Å². The van der Waals surface area contributed by atoms with Crippen molar-refractivity contribution in [2.75, 3.05) is 0 Å². The van der Waals surface area contributed by atoms with Crippen molar-refractivity contribution in [1.82, 2.24) is 0 Å². The first kappa shape index (κ1) is 39.6. The van der Waals surface area contributed by atoms with E-state index in [1.165, 1.54) is 143 Å². The second kappa shape index (κ2) is 15.2. The average molecular weight is 875 g/mol.